The van der Waals surface area contributed by atoms with Crippen LogP contribution in [0.15, 0.2) is 40.4 Å². The van der Waals surface area contributed by atoms with Gasteiger partial charge in [0.15, 0.2) is 0 Å². The molecule has 1 aromatic carbocycles. The first-order chi connectivity index (χ1) is 11.6. The van der Waals surface area contributed by atoms with E-state index in [0.717, 1.165) is 23.1 Å². The fourth-order valence-corrected chi connectivity index (χ4v) is 4.61. The van der Waals surface area contributed by atoms with Gasteiger partial charge in [0, 0.05) is 6.42 Å². The van der Waals surface area contributed by atoms with E-state index in [1.165, 1.54) is 24.8 Å². The standard InChI is InChI=1S/C16H12BrIN2O3S/c1-22-16(21)10(7-9-5-3-2-4-6-9)23-14-11-12(18)13(17)24-15(11)20-8-19-14/h2-6,8,10H,7H2,1H3/t10-/m1/s1. The zero-order valence-electron chi connectivity index (χ0n) is 12.5. The predicted molar refractivity (Wildman–Crippen MR) is 104 cm³/mol. The zero-order valence-corrected chi connectivity index (χ0v) is 17.1. The molecule has 3 rings (SSSR count). The zero-order chi connectivity index (χ0) is 17.1. The molecule has 2 heterocycles. The maximum atomic E-state index is 12.1. The molecule has 3 aromatic rings. The molecular formula is C16H12BrIN2O3S. The van der Waals surface area contributed by atoms with Crippen molar-refractivity contribution in [2.24, 2.45) is 0 Å². The van der Waals surface area contributed by atoms with Gasteiger partial charge in [-0.15, -0.1) is 11.3 Å². The number of carbonyl (C=O) groups excluding carboxylic acids is 1. The van der Waals surface area contributed by atoms with Gasteiger partial charge in [0.1, 0.15) is 11.2 Å². The van der Waals surface area contributed by atoms with Gasteiger partial charge < -0.3 is 9.47 Å². The first-order valence-corrected chi connectivity index (χ1v) is 9.66. The van der Waals surface area contributed by atoms with Crippen molar-refractivity contribution in [2.45, 2.75) is 12.5 Å². The molecule has 0 aliphatic rings. The highest BCUT2D eigenvalue weighted by atomic mass is 127. The quantitative estimate of drug-likeness (QED) is 0.374. The first-order valence-electron chi connectivity index (χ1n) is 6.97. The Balaban J connectivity index is 1.94. The Morgan fingerprint density at radius 3 is 2.79 bits per heavy atom. The number of hydrogen-bond acceptors (Lipinski definition) is 6. The Hall–Kier alpha value is -1.26. The van der Waals surface area contributed by atoms with Crippen molar-refractivity contribution < 1.29 is 14.3 Å². The highest BCUT2D eigenvalue weighted by Crippen LogP contribution is 2.39. The number of nitrogens with zero attached hydrogens (tertiary/aromatic N) is 2. The van der Waals surface area contributed by atoms with Crippen molar-refractivity contribution in [3.8, 4) is 5.88 Å². The Morgan fingerprint density at radius 1 is 1.33 bits per heavy atom. The van der Waals surface area contributed by atoms with Gasteiger partial charge in [0.2, 0.25) is 12.0 Å². The summed E-state index contributed by atoms with van der Waals surface area (Å²) in [7, 11) is 1.35. The number of carbonyl (C=O) groups is 1. The Bertz CT molecular complexity index is 872. The second kappa shape index (κ2) is 7.75. The van der Waals surface area contributed by atoms with Gasteiger partial charge in [0.25, 0.3) is 0 Å². The third-order valence-electron chi connectivity index (χ3n) is 3.34. The molecule has 8 heteroatoms. The molecule has 0 N–H and O–H groups in total. The average molecular weight is 519 g/mol. The molecule has 124 valence electrons. The second-order valence-electron chi connectivity index (χ2n) is 4.87. The number of hydrogen-bond donors (Lipinski definition) is 0. The fourth-order valence-electron chi connectivity index (χ4n) is 2.20. The van der Waals surface area contributed by atoms with E-state index in [9.17, 15) is 4.79 Å². The van der Waals surface area contributed by atoms with Crippen LogP contribution in [-0.4, -0.2) is 29.2 Å². The van der Waals surface area contributed by atoms with Crippen molar-refractivity contribution in [1.29, 1.82) is 0 Å². The summed E-state index contributed by atoms with van der Waals surface area (Å²) in [6.45, 7) is 0. The molecule has 0 amide bonds. The van der Waals surface area contributed by atoms with Crippen LogP contribution in [0.2, 0.25) is 0 Å². The summed E-state index contributed by atoms with van der Waals surface area (Å²) >= 11 is 7.21. The summed E-state index contributed by atoms with van der Waals surface area (Å²) in [5.74, 6) is -0.0485. The minimum Gasteiger partial charge on any atom is -0.466 e. The summed E-state index contributed by atoms with van der Waals surface area (Å²) in [4.78, 5) is 21.4. The van der Waals surface area contributed by atoms with Crippen molar-refractivity contribution >= 4 is 66.0 Å². The van der Waals surface area contributed by atoms with Gasteiger partial charge in [-0.05, 0) is 44.1 Å². The van der Waals surface area contributed by atoms with E-state index < -0.39 is 12.1 Å². The van der Waals surface area contributed by atoms with Crippen LogP contribution in [0.25, 0.3) is 10.2 Å². The van der Waals surface area contributed by atoms with Crippen LogP contribution in [0.4, 0.5) is 0 Å². The molecule has 0 saturated carbocycles. The Kier molecular flexibility index (Phi) is 5.67. The van der Waals surface area contributed by atoms with Crippen molar-refractivity contribution in [3.63, 3.8) is 0 Å². The van der Waals surface area contributed by atoms with Gasteiger partial charge >= 0.3 is 5.97 Å². The van der Waals surface area contributed by atoms with E-state index in [0.29, 0.717) is 12.3 Å². The molecule has 0 radical (unpaired) electrons. The second-order valence-corrected chi connectivity index (χ2v) is 8.26. The van der Waals surface area contributed by atoms with Gasteiger partial charge in [0.05, 0.1) is 19.9 Å². The maximum Gasteiger partial charge on any atom is 0.347 e. The van der Waals surface area contributed by atoms with Gasteiger partial charge in [-0.3, -0.25) is 0 Å². The lowest BCUT2D eigenvalue weighted by atomic mass is 10.1. The summed E-state index contributed by atoms with van der Waals surface area (Å²) in [6.07, 6.45) is 1.07. The van der Waals surface area contributed by atoms with E-state index in [1.807, 2.05) is 30.3 Å². The molecular weight excluding hydrogens is 507 g/mol. The van der Waals surface area contributed by atoms with E-state index in [-0.39, 0.29) is 0 Å². The van der Waals surface area contributed by atoms with Crippen LogP contribution >= 0.6 is 49.9 Å². The predicted octanol–water partition coefficient (Wildman–Crippen LogP) is 4.22. The number of esters is 1. The molecule has 0 aliphatic heterocycles. The molecule has 1 atom stereocenters. The average Bonchev–Trinajstić information content (AvgIpc) is 2.90. The van der Waals surface area contributed by atoms with Crippen LogP contribution < -0.4 is 4.74 Å². The lowest BCUT2D eigenvalue weighted by molar-refractivity contribution is -0.148. The van der Waals surface area contributed by atoms with Gasteiger partial charge in [-0.1, -0.05) is 30.3 Å². The van der Waals surface area contributed by atoms with Crippen LogP contribution in [0.1, 0.15) is 5.56 Å². The van der Waals surface area contributed by atoms with Crippen LogP contribution in [0, 0.1) is 3.57 Å². The number of ether oxygens (including phenoxy) is 2. The SMILES string of the molecule is COC(=O)[C@@H](Cc1ccccc1)Oc1ncnc2sc(Br)c(I)c12. The number of halogens is 2. The van der Waals surface area contributed by atoms with Gasteiger partial charge in [-0.25, -0.2) is 14.8 Å². The Morgan fingerprint density at radius 2 is 2.08 bits per heavy atom. The molecule has 0 fully saturated rings. The van der Waals surface area contributed by atoms with Crippen molar-refractivity contribution in [1.82, 2.24) is 9.97 Å². The molecule has 0 aliphatic carbocycles. The highest BCUT2D eigenvalue weighted by Gasteiger charge is 2.25. The molecule has 2 aromatic heterocycles. The number of methoxy groups -OCH3 is 1. The maximum absolute atomic E-state index is 12.1. The molecule has 5 nitrogen and oxygen atoms in total. The van der Waals surface area contributed by atoms with Crippen LogP contribution in [-0.2, 0) is 16.0 Å². The van der Waals surface area contributed by atoms with Crippen LogP contribution in [0.5, 0.6) is 5.88 Å². The smallest absolute Gasteiger partial charge is 0.347 e. The van der Waals surface area contributed by atoms with E-state index in [1.54, 1.807) is 0 Å². The number of benzene rings is 1. The number of rotatable bonds is 5. The van der Waals surface area contributed by atoms with Crippen molar-refractivity contribution in [2.75, 3.05) is 7.11 Å². The molecule has 0 spiro atoms. The summed E-state index contributed by atoms with van der Waals surface area (Å²) in [6, 6.07) is 9.66. The number of fused-ring (bicyclic) bond motifs is 1. The fraction of sp³-hybridized carbons (Fsp3) is 0.188. The minimum atomic E-state index is -0.773. The lowest BCUT2D eigenvalue weighted by Gasteiger charge is -2.17. The highest BCUT2D eigenvalue weighted by molar-refractivity contribution is 14.1. The first kappa shape index (κ1) is 17.6. The van der Waals surface area contributed by atoms with Crippen molar-refractivity contribution in [3.05, 3.63) is 49.6 Å². The minimum absolute atomic E-state index is 0.387. The largest absolute Gasteiger partial charge is 0.466 e. The third kappa shape index (κ3) is 3.70. The summed E-state index contributed by atoms with van der Waals surface area (Å²) < 4.78 is 12.7. The summed E-state index contributed by atoms with van der Waals surface area (Å²) in [5.41, 5.74) is 0.986. The number of aromatic nitrogens is 2. The third-order valence-corrected chi connectivity index (χ3v) is 7.29. The topological polar surface area (TPSA) is 61.3 Å². The van der Waals surface area contributed by atoms with E-state index >= 15 is 0 Å². The molecule has 0 saturated heterocycles. The van der Waals surface area contributed by atoms with E-state index in [4.69, 9.17) is 9.47 Å². The van der Waals surface area contributed by atoms with Gasteiger partial charge in [-0.2, -0.15) is 0 Å². The monoisotopic (exact) mass is 518 g/mol. The summed E-state index contributed by atoms with van der Waals surface area (Å²) in [5, 5.41) is 0.803. The normalized spacial score (nSPS) is 12.1. The molecule has 24 heavy (non-hydrogen) atoms. The van der Waals surface area contributed by atoms with E-state index in [2.05, 4.69) is 48.5 Å². The Labute approximate surface area is 164 Å². The lowest BCUT2D eigenvalue weighted by Crippen LogP contribution is -2.31. The molecule has 0 bridgehead atoms. The number of thiophene rings is 1. The molecule has 0 unspecified atom stereocenters. The van der Waals surface area contributed by atoms with Crippen LogP contribution in [0.3, 0.4) is 0 Å².